The first-order valence-electron chi connectivity index (χ1n) is 8.48. The lowest BCUT2D eigenvalue weighted by atomic mass is 9.79. The fraction of sp³-hybridized carbons (Fsp3) is 0.667. The van der Waals surface area contributed by atoms with Crippen LogP contribution in [0, 0.1) is 0 Å². The van der Waals surface area contributed by atoms with Crippen LogP contribution in [0.25, 0.3) is 0 Å². The molecule has 1 unspecified atom stereocenters. The van der Waals surface area contributed by atoms with Crippen LogP contribution in [0.2, 0.25) is 0 Å². The van der Waals surface area contributed by atoms with Crippen LogP contribution in [0.1, 0.15) is 41.5 Å². The van der Waals surface area contributed by atoms with Crippen LogP contribution in [0.3, 0.4) is 0 Å². The topological polar surface area (TPSA) is 46.2 Å². The highest BCUT2D eigenvalue weighted by atomic mass is 16.7. The molecule has 2 aliphatic heterocycles. The molecule has 5 nitrogen and oxygen atoms in total. The minimum atomic E-state index is -0.519. The summed E-state index contributed by atoms with van der Waals surface area (Å²) in [5.74, 6) is 0.276. The minimum Gasteiger partial charge on any atom is -0.491 e. The van der Waals surface area contributed by atoms with Crippen LogP contribution in [0.15, 0.2) is 24.3 Å². The Labute approximate surface area is 144 Å². The quantitative estimate of drug-likeness (QED) is 0.792. The number of rotatable bonds is 4. The Kier molecular flexibility index (Phi) is 4.45. The fourth-order valence-corrected chi connectivity index (χ4v) is 2.73. The van der Waals surface area contributed by atoms with E-state index in [4.69, 9.17) is 23.5 Å². The van der Waals surface area contributed by atoms with E-state index in [1.807, 2.05) is 38.1 Å². The summed E-state index contributed by atoms with van der Waals surface area (Å²) >= 11 is 0. The van der Waals surface area contributed by atoms with Gasteiger partial charge in [0.25, 0.3) is 0 Å². The van der Waals surface area contributed by atoms with Crippen molar-refractivity contribution in [3.63, 3.8) is 0 Å². The van der Waals surface area contributed by atoms with Crippen molar-refractivity contribution in [3.8, 4) is 5.75 Å². The van der Waals surface area contributed by atoms with Gasteiger partial charge in [0, 0.05) is 0 Å². The molecule has 24 heavy (non-hydrogen) atoms. The Morgan fingerprint density at radius 2 is 1.58 bits per heavy atom. The maximum atomic E-state index is 6.05. The SMILES string of the molecule is CC1(C)OCC(COc2ccc(B3OC(C)(C)C(C)(C)O3)cc2)O1. The summed E-state index contributed by atoms with van der Waals surface area (Å²) < 4.78 is 29.2. The molecule has 0 bridgehead atoms. The molecule has 1 atom stereocenters. The normalized spacial score (nSPS) is 27.4. The lowest BCUT2D eigenvalue weighted by Crippen LogP contribution is -2.41. The van der Waals surface area contributed by atoms with Gasteiger partial charge < -0.3 is 23.5 Å². The van der Waals surface area contributed by atoms with Crippen molar-refractivity contribution < 1.29 is 23.5 Å². The van der Waals surface area contributed by atoms with Gasteiger partial charge in [0.1, 0.15) is 18.5 Å². The molecule has 0 amide bonds. The maximum Gasteiger partial charge on any atom is 0.494 e. The average Bonchev–Trinajstić information content (AvgIpc) is 2.93. The van der Waals surface area contributed by atoms with Crippen LogP contribution < -0.4 is 10.2 Å². The van der Waals surface area contributed by atoms with Crippen molar-refractivity contribution >= 4 is 12.6 Å². The van der Waals surface area contributed by atoms with E-state index in [0.29, 0.717) is 13.2 Å². The standard InChI is InChI=1S/C18H27BO5/c1-16(2)17(3,4)24-19(23-16)13-7-9-14(10-8-13)20-11-15-12-21-18(5,6)22-15/h7-10,15H,11-12H2,1-6H3. The lowest BCUT2D eigenvalue weighted by Gasteiger charge is -2.32. The molecule has 0 spiro atoms. The Hall–Kier alpha value is -1.08. The first-order valence-corrected chi connectivity index (χ1v) is 8.48. The van der Waals surface area contributed by atoms with Crippen molar-refractivity contribution in [2.24, 2.45) is 0 Å². The second-order valence-corrected chi connectivity index (χ2v) is 7.92. The van der Waals surface area contributed by atoms with Gasteiger partial charge in [-0.2, -0.15) is 0 Å². The van der Waals surface area contributed by atoms with Crippen LogP contribution >= 0.6 is 0 Å². The molecule has 6 heteroatoms. The van der Waals surface area contributed by atoms with E-state index < -0.39 is 5.79 Å². The van der Waals surface area contributed by atoms with Crippen molar-refractivity contribution in [2.75, 3.05) is 13.2 Å². The van der Waals surface area contributed by atoms with Crippen LogP contribution in [-0.4, -0.2) is 43.4 Å². The molecule has 0 N–H and O–H groups in total. The zero-order valence-corrected chi connectivity index (χ0v) is 15.4. The highest BCUT2D eigenvalue weighted by Gasteiger charge is 2.51. The molecule has 3 rings (SSSR count). The molecule has 0 radical (unpaired) electrons. The molecule has 1 aromatic carbocycles. The van der Waals surface area contributed by atoms with Gasteiger partial charge in [-0.15, -0.1) is 0 Å². The van der Waals surface area contributed by atoms with Crippen LogP contribution in [0.4, 0.5) is 0 Å². The van der Waals surface area contributed by atoms with Gasteiger partial charge in [-0.05, 0) is 59.1 Å². The molecule has 0 aromatic heterocycles. The van der Waals surface area contributed by atoms with Crippen molar-refractivity contribution in [1.29, 1.82) is 0 Å². The molecular formula is C18H27BO5. The second kappa shape index (κ2) is 6.02. The van der Waals surface area contributed by atoms with Crippen molar-refractivity contribution in [3.05, 3.63) is 24.3 Å². The van der Waals surface area contributed by atoms with Crippen LogP contribution in [-0.2, 0) is 18.8 Å². The molecule has 2 fully saturated rings. The van der Waals surface area contributed by atoms with Gasteiger partial charge in [0.05, 0.1) is 17.8 Å². The molecule has 2 heterocycles. The average molecular weight is 334 g/mol. The molecule has 2 saturated heterocycles. The zero-order valence-electron chi connectivity index (χ0n) is 15.4. The highest BCUT2D eigenvalue weighted by Crippen LogP contribution is 2.36. The summed E-state index contributed by atoms with van der Waals surface area (Å²) in [6.07, 6.45) is -0.0391. The third kappa shape index (κ3) is 3.62. The molecule has 0 aliphatic carbocycles. The summed E-state index contributed by atoms with van der Waals surface area (Å²) in [5.41, 5.74) is 0.321. The Balaban J connectivity index is 1.57. The minimum absolute atomic E-state index is 0.0391. The van der Waals surface area contributed by atoms with E-state index in [0.717, 1.165) is 11.2 Å². The monoisotopic (exact) mass is 334 g/mol. The molecule has 1 aromatic rings. The zero-order chi connectivity index (χ0) is 17.6. The first-order chi connectivity index (χ1) is 11.1. The van der Waals surface area contributed by atoms with Gasteiger partial charge >= 0.3 is 7.12 Å². The van der Waals surface area contributed by atoms with E-state index in [1.165, 1.54) is 0 Å². The summed E-state index contributed by atoms with van der Waals surface area (Å²) in [6.45, 7) is 13.0. The number of benzene rings is 1. The van der Waals surface area contributed by atoms with Gasteiger partial charge in [0.15, 0.2) is 5.79 Å². The lowest BCUT2D eigenvalue weighted by molar-refractivity contribution is -0.141. The highest BCUT2D eigenvalue weighted by molar-refractivity contribution is 6.62. The number of hydrogen-bond acceptors (Lipinski definition) is 5. The van der Waals surface area contributed by atoms with Gasteiger partial charge in [-0.1, -0.05) is 12.1 Å². The Morgan fingerprint density at radius 1 is 1.00 bits per heavy atom. The number of ether oxygens (including phenoxy) is 3. The van der Waals surface area contributed by atoms with Gasteiger partial charge in [-0.25, -0.2) is 0 Å². The third-order valence-corrected chi connectivity index (χ3v) is 4.91. The predicted octanol–water partition coefficient (Wildman–Crippen LogP) is 2.52. The molecule has 132 valence electrons. The summed E-state index contributed by atoms with van der Waals surface area (Å²) in [4.78, 5) is 0. The fourth-order valence-electron chi connectivity index (χ4n) is 2.73. The molecular weight excluding hydrogens is 307 g/mol. The Morgan fingerprint density at radius 3 is 2.08 bits per heavy atom. The van der Waals surface area contributed by atoms with E-state index in [9.17, 15) is 0 Å². The first kappa shape index (κ1) is 17.7. The van der Waals surface area contributed by atoms with E-state index in [1.54, 1.807) is 0 Å². The smallest absolute Gasteiger partial charge is 0.491 e. The second-order valence-electron chi connectivity index (χ2n) is 7.92. The summed E-state index contributed by atoms with van der Waals surface area (Å²) in [6, 6.07) is 7.82. The van der Waals surface area contributed by atoms with Gasteiger partial charge in [-0.3, -0.25) is 0 Å². The molecule has 2 aliphatic rings. The van der Waals surface area contributed by atoms with E-state index >= 15 is 0 Å². The summed E-state index contributed by atoms with van der Waals surface area (Å²) in [7, 11) is -0.351. The Bertz CT molecular complexity index is 566. The van der Waals surface area contributed by atoms with Crippen molar-refractivity contribution in [2.45, 2.75) is 64.6 Å². The van der Waals surface area contributed by atoms with Crippen LogP contribution in [0.5, 0.6) is 5.75 Å². The van der Waals surface area contributed by atoms with Crippen molar-refractivity contribution in [1.82, 2.24) is 0 Å². The third-order valence-electron chi connectivity index (χ3n) is 4.91. The van der Waals surface area contributed by atoms with E-state index in [2.05, 4.69) is 27.7 Å². The van der Waals surface area contributed by atoms with Gasteiger partial charge in [0.2, 0.25) is 0 Å². The number of hydrogen-bond donors (Lipinski definition) is 0. The predicted molar refractivity (Wildman–Crippen MR) is 92.6 cm³/mol. The largest absolute Gasteiger partial charge is 0.494 e. The van der Waals surface area contributed by atoms with E-state index in [-0.39, 0.29) is 24.4 Å². The summed E-state index contributed by atoms with van der Waals surface area (Å²) in [5, 5.41) is 0. The maximum absolute atomic E-state index is 6.05. The molecule has 0 saturated carbocycles.